The molecule has 0 aliphatic carbocycles. The first kappa shape index (κ1) is 31.2. The predicted molar refractivity (Wildman–Crippen MR) is 161 cm³/mol. The minimum Gasteiger partial charge on any atom is -0.460 e. The van der Waals surface area contributed by atoms with Gasteiger partial charge in [-0.05, 0) is 38.8 Å². The molecule has 43 heavy (non-hydrogen) atoms. The molecule has 2 bridgehead atoms. The van der Waals surface area contributed by atoms with Gasteiger partial charge in [-0.25, -0.2) is 4.79 Å². The number of ether oxygens (including phenoxy) is 4. The SMILES string of the molecule is CC(OC(=O)CCC(=O)OC(C)(C)C)OC(C(=O)OC1CC2CCC(C1)[N+]21CCCC1)(c1ccccc1)c1ccccc1. The summed E-state index contributed by atoms with van der Waals surface area (Å²) in [5.74, 6) is -1.62. The summed E-state index contributed by atoms with van der Waals surface area (Å²) in [6.45, 7) is 9.39. The number of benzene rings is 2. The fraction of sp³-hybridized carbons (Fsp3) is 0.571. The fourth-order valence-electron chi connectivity index (χ4n) is 7.59. The molecule has 0 saturated carbocycles. The van der Waals surface area contributed by atoms with Gasteiger partial charge < -0.3 is 23.4 Å². The zero-order valence-corrected chi connectivity index (χ0v) is 26.0. The molecule has 3 fully saturated rings. The Kier molecular flexibility index (Phi) is 9.28. The van der Waals surface area contributed by atoms with Gasteiger partial charge in [-0.15, -0.1) is 0 Å². The van der Waals surface area contributed by atoms with E-state index < -0.39 is 35.4 Å². The van der Waals surface area contributed by atoms with E-state index >= 15 is 0 Å². The molecule has 0 radical (unpaired) electrons. The zero-order chi connectivity index (χ0) is 30.7. The molecule has 0 amide bonds. The van der Waals surface area contributed by atoms with E-state index in [0.717, 1.165) is 12.8 Å². The quantitative estimate of drug-likeness (QED) is 0.149. The van der Waals surface area contributed by atoms with Gasteiger partial charge in [0.2, 0.25) is 11.9 Å². The van der Waals surface area contributed by atoms with E-state index in [1.54, 1.807) is 27.7 Å². The van der Waals surface area contributed by atoms with E-state index in [1.165, 1.54) is 43.3 Å². The molecule has 3 unspecified atom stereocenters. The lowest BCUT2D eigenvalue weighted by atomic mass is 9.85. The van der Waals surface area contributed by atoms with Gasteiger partial charge in [0.05, 0.1) is 38.0 Å². The van der Waals surface area contributed by atoms with E-state index in [2.05, 4.69) is 0 Å². The predicted octanol–water partition coefficient (Wildman–Crippen LogP) is 5.81. The Bertz CT molecular complexity index is 1210. The molecule has 3 saturated heterocycles. The molecule has 3 atom stereocenters. The summed E-state index contributed by atoms with van der Waals surface area (Å²) >= 11 is 0. The van der Waals surface area contributed by atoms with Gasteiger partial charge >= 0.3 is 17.9 Å². The van der Waals surface area contributed by atoms with E-state index in [9.17, 15) is 14.4 Å². The van der Waals surface area contributed by atoms with Crippen molar-refractivity contribution in [3.05, 3.63) is 71.8 Å². The van der Waals surface area contributed by atoms with Crippen LogP contribution in [0.25, 0.3) is 0 Å². The third-order valence-electron chi connectivity index (χ3n) is 9.27. The molecule has 3 aliphatic heterocycles. The maximum atomic E-state index is 14.5. The average Bonchev–Trinajstić information content (AvgIpc) is 3.51. The van der Waals surface area contributed by atoms with Crippen molar-refractivity contribution in [2.45, 2.75) is 115 Å². The van der Waals surface area contributed by atoms with Gasteiger partial charge in [0.15, 0.2) is 0 Å². The molecule has 1 spiro atoms. The number of carbonyl (C=O) groups is 3. The van der Waals surface area contributed by atoms with Crippen LogP contribution < -0.4 is 0 Å². The van der Waals surface area contributed by atoms with Crippen molar-refractivity contribution < 1.29 is 37.8 Å². The van der Waals surface area contributed by atoms with Crippen molar-refractivity contribution in [2.75, 3.05) is 13.1 Å². The van der Waals surface area contributed by atoms with Gasteiger partial charge in [-0.2, -0.15) is 0 Å². The number of quaternary nitrogens is 1. The summed E-state index contributed by atoms with van der Waals surface area (Å²) in [5.41, 5.74) is -1.13. The van der Waals surface area contributed by atoms with Crippen LogP contribution in [-0.4, -0.2) is 65.6 Å². The van der Waals surface area contributed by atoms with Crippen LogP contribution in [0.5, 0.6) is 0 Å². The van der Waals surface area contributed by atoms with Crippen LogP contribution in [0, 0.1) is 0 Å². The highest BCUT2D eigenvalue weighted by molar-refractivity contribution is 5.86. The number of carbonyl (C=O) groups excluding carboxylic acids is 3. The standard InChI is InChI=1S/C35H46NO7/c1-25(40-31(37)19-20-32(38)43-34(2,3)4)42-35(26-13-7-5-8-14-26,27-15-9-6-10-16-27)33(39)41-30-23-28-17-18-29(24-30)36(28)21-11-12-22-36/h5-10,13-16,25,28-30H,11-12,17-24H2,1-4H3/q+1. The minimum atomic E-state index is -1.66. The molecule has 2 aromatic carbocycles. The van der Waals surface area contributed by atoms with Crippen LogP contribution in [-0.2, 0) is 38.9 Å². The van der Waals surface area contributed by atoms with Crippen molar-refractivity contribution >= 4 is 17.9 Å². The Morgan fingerprint density at radius 2 is 1.33 bits per heavy atom. The third-order valence-corrected chi connectivity index (χ3v) is 9.27. The largest absolute Gasteiger partial charge is 0.460 e. The average molecular weight is 593 g/mol. The highest BCUT2D eigenvalue weighted by atomic mass is 16.7. The van der Waals surface area contributed by atoms with E-state index in [0.29, 0.717) is 23.2 Å². The molecule has 8 heteroatoms. The summed E-state index contributed by atoms with van der Waals surface area (Å²) in [5, 5.41) is 0. The Labute approximate surface area is 255 Å². The molecular formula is C35H46NO7+. The second kappa shape index (κ2) is 12.8. The summed E-state index contributed by atoms with van der Waals surface area (Å²) in [6.07, 6.45) is 5.07. The van der Waals surface area contributed by atoms with Crippen LogP contribution in [0.15, 0.2) is 60.7 Å². The molecule has 232 valence electrons. The van der Waals surface area contributed by atoms with Crippen LogP contribution in [0.2, 0.25) is 0 Å². The van der Waals surface area contributed by atoms with Crippen LogP contribution in [0.3, 0.4) is 0 Å². The van der Waals surface area contributed by atoms with Crippen LogP contribution in [0.4, 0.5) is 0 Å². The lowest BCUT2D eigenvalue weighted by Gasteiger charge is -2.47. The van der Waals surface area contributed by atoms with E-state index in [1.807, 2.05) is 60.7 Å². The zero-order valence-electron chi connectivity index (χ0n) is 26.0. The molecule has 0 N–H and O–H groups in total. The first-order chi connectivity index (χ1) is 20.5. The maximum Gasteiger partial charge on any atom is 0.348 e. The Morgan fingerprint density at radius 3 is 1.84 bits per heavy atom. The smallest absolute Gasteiger partial charge is 0.348 e. The first-order valence-corrected chi connectivity index (χ1v) is 15.8. The van der Waals surface area contributed by atoms with Crippen molar-refractivity contribution in [1.82, 2.24) is 0 Å². The normalized spacial score (nSPS) is 23.5. The number of hydrogen-bond acceptors (Lipinski definition) is 7. The summed E-state index contributed by atoms with van der Waals surface area (Å²) < 4.78 is 25.0. The molecule has 2 aromatic rings. The van der Waals surface area contributed by atoms with Crippen molar-refractivity contribution in [3.8, 4) is 0 Å². The lowest BCUT2D eigenvalue weighted by Crippen LogP contribution is -2.60. The highest BCUT2D eigenvalue weighted by Crippen LogP contribution is 2.47. The molecule has 0 aromatic heterocycles. The Balaban J connectivity index is 1.36. The van der Waals surface area contributed by atoms with Gasteiger partial charge in [0, 0.05) is 38.5 Å². The lowest BCUT2D eigenvalue weighted by molar-refractivity contribution is -0.956. The van der Waals surface area contributed by atoms with Gasteiger partial charge in [-0.1, -0.05) is 60.7 Å². The maximum absolute atomic E-state index is 14.5. The van der Waals surface area contributed by atoms with Crippen LogP contribution in [0.1, 0.15) is 90.2 Å². The van der Waals surface area contributed by atoms with Crippen molar-refractivity contribution in [2.24, 2.45) is 0 Å². The molecule has 8 nitrogen and oxygen atoms in total. The Hall–Kier alpha value is -3.23. The van der Waals surface area contributed by atoms with Crippen molar-refractivity contribution in [1.29, 1.82) is 0 Å². The number of esters is 3. The van der Waals surface area contributed by atoms with Gasteiger partial charge in [0.1, 0.15) is 11.7 Å². The Morgan fingerprint density at radius 1 is 0.814 bits per heavy atom. The molecular weight excluding hydrogens is 546 g/mol. The first-order valence-electron chi connectivity index (χ1n) is 15.8. The molecule has 5 rings (SSSR count). The number of piperidine rings is 1. The van der Waals surface area contributed by atoms with E-state index in [4.69, 9.17) is 18.9 Å². The second-order valence-corrected chi connectivity index (χ2v) is 13.3. The number of nitrogens with zero attached hydrogens (tertiary/aromatic N) is 1. The number of hydrogen-bond donors (Lipinski definition) is 0. The molecule has 3 heterocycles. The summed E-state index contributed by atoms with van der Waals surface area (Å²) in [4.78, 5) is 39.4. The topological polar surface area (TPSA) is 88.1 Å². The summed E-state index contributed by atoms with van der Waals surface area (Å²) in [6, 6.07) is 19.6. The highest BCUT2D eigenvalue weighted by Gasteiger charge is 2.57. The molecule has 3 aliphatic rings. The third kappa shape index (κ3) is 6.80. The number of rotatable bonds is 10. The van der Waals surface area contributed by atoms with Gasteiger partial charge in [0.25, 0.3) is 0 Å². The summed E-state index contributed by atoms with van der Waals surface area (Å²) in [7, 11) is 0. The van der Waals surface area contributed by atoms with Gasteiger partial charge in [-0.3, -0.25) is 9.59 Å². The second-order valence-electron chi connectivity index (χ2n) is 13.3. The fourth-order valence-corrected chi connectivity index (χ4v) is 7.59. The van der Waals surface area contributed by atoms with Crippen LogP contribution >= 0.6 is 0 Å². The monoisotopic (exact) mass is 592 g/mol. The minimum absolute atomic E-state index is 0.114. The van der Waals surface area contributed by atoms with Crippen molar-refractivity contribution in [3.63, 3.8) is 0 Å². The van der Waals surface area contributed by atoms with E-state index in [-0.39, 0.29) is 18.9 Å².